The number of rotatable bonds is 4. The molecule has 0 bridgehead atoms. The van der Waals surface area contributed by atoms with Crippen molar-refractivity contribution < 1.29 is 14.0 Å². The molecule has 4 heterocycles. The largest absolute Gasteiger partial charge is 0.367 e. The van der Waals surface area contributed by atoms with Gasteiger partial charge in [-0.05, 0) is 55.6 Å². The van der Waals surface area contributed by atoms with E-state index in [0.717, 1.165) is 44.2 Å². The van der Waals surface area contributed by atoms with E-state index in [1.165, 1.54) is 44.8 Å². The van der Waals surface area contributed by atoms with Gasteiger partial charge in [0.15, 0.2) is 0 Å². The van der Waals surface area contributed by atoms with Gasteiger partial charge in [-0.3, -0.25) is 24.5 Å². The number of halogens is 1. The fourth-order valence-electron chi connectivity index (χ4n) is 6.59. The number of hydrogen-bond acceptors (Lipinski definition) is 6. The molecule has 3 saturated heterocycles. The van der Waals surface area contributed by atoms with Crippen LogP contribution in [0, 0.1) is 17.2 Å². The van der Waals surface area contributed by atoms with Gasteiger partial charge < -0.3 is 10.2 Å². The monoisotopic (exact) mass is 482 g/mol. The van der Waals surface area contributed by atoms with E-state index in [9.17, 15) is 9.59 Å². The number of fused-ring (bicyclic) bond motifs is 1. The highest BCUT2D eigenvalue weighted by atomic mass is 19.1. The number of carbonyl (C=O) groups excluding carboxylic acids is 2. The summed E-state index contributed by atoms with van der Waals surface area (Å²) < 4.78 is 17.1. The molecular formula is C26H35FN6O2. The zero-order chi connectivity index (χ0) is 24.2. The third kappa shape index (κ3) is 4.22. The van der Waals surface area contributed by atoms with E-state index in [4.69, 9.17) is 0 Å². The summed E-state index contributed by atoms with van der Waals surface area (Å²) in [4.78, 5) is 28.6. The maximum atomic E-state index is 15.3. The number of hydrogen-bond donors (Lipinski definition) is 2. The maximum Gasteiger partial charge on any atom is 0.235 e. The standard InChI is InChI=1S/C26H35FN6O2/c1-31-21-13-22(20(27)12-19(21)24(30-31)18-2-3-23(34)29-25(18)35)33-10-8-32(9-11-33)14-17-4-6-26(7-5-17)15-28-16-26/h12-13,17-18,28H,2-11,14-16H2,1H3,(H,29,34,35). The van der Waals surface area contributed by atoms with Crippen molar-refractivity contribution in [2.45, 2.75) is 44.4 Å². The highest BCUT2D eigenvalue weighted by molar-refractivity contribution is 6.02. The number of piperazine rings is 1. The van der Waals surface area contributed by atoms with Gasteiger partial charge in [0.2, 0.25) is 11.8 Å². The first-order valence-corrected chi connectivity index (χ1v) is 13.1. The summed E-state index contributed by atoms with van der Waals surface area (Å²) in [5.41, 5.74) is 2.57. The quantitative estimate of drug-likeness (QED) is 0.650. The van der Waals surface area contributed by atoms with Gasteiger partial charge in [0.1, 0.15) is 5.82 Å². The molecule has 1 spiro atoms. The number of piperidine rings is 1. The second kappa shape index (κ2) is 8.85. The van der Waals surface area contributed by atoms with E-state index < -0.39 is 5.92 Å². The number of aryl methyl sites for hydroxylation is 1. The fourth-order valence-corrected chi connectivity index (χ4v) is 6.59. The van der Waals surface area contributed by atoms with E-state index in [1.807, 2.05) is 13.1 Å². The van der Waals surface area contributed by atoms with Crippen molar-refractivity contribution in [3.8, 4) is 0 Å². The van der Waals surface area contributed by atoms with Gasteiger partial charge in [-0.1, -0.05) is 0 Å². The molecule has 1 atom stereocenters. The average Bonchev–Trinajstić information content (AvgIpc) is 3.13. The topological polar surface area (TPSA) is 82.5 Å². The summed E-state index contributed by atoms with van der Waals surface area (Å²) in [7, 11) is 1.82. The Hall–Kier alpha value is -2.52. The summed E-state index contributed by atoms with van der Waals surface area (Å²) in [5.74, 6) is -0.623. The number of amides is 2. The van der Waals surface area contributed by atoms with Crippen LogP contribution in [0.15, 0.2) is 12.1 Å². The molecule has 2 amide bonds. The molecule has 1 aromatic heterocycles. The second-order valence-corrected chi connectivity index (χ2v) is 11.2. The van der Waals surface area contributed by atoms with Crippen molar-refractivity contribution in [2.24, 2.45) is 18.4 Å². The van der Waals surface area contributed by atoms with Crippen LogP contribution in [-0.2, 0) is 16.6 Å². The number of carbonyl (C=O) groups is 2. The van der Waals surface area contributed by atoms with Crippen LogP contribution in [0.25, 0.3) is 10.9 Å². The van der Waals surface area contributed by atoms with Crippen LogP contribution in [0.5, 0.6) is 0 Å². The first kappa shape index (κ1) is 22.9. The van der Waals surface area contributed by atoms with E-state index in [1.54, 1.807) is 4.68 Å². The molecule has 1 unspecified atom stereocenters. The van der Waals surface area contributed by atoms with Crippen LogP contribution in [0.3, 0.4) is 0 Å². The lowest BCUT2D eigenvalue weighted by Crippen LogP contribution is -2.55. The van der Waals surface area contributed by atoms with Crippen LogP contribution in [0.1, 0.15) is 50.1 Å². The summed E-state index contributed by atoms with van der Waals surface area (Å²) in [5, 5.41) is 11.0. The SMILES string of the molecule is Cn1nc(C2CCC(=O)NC2=O)c2cc(F)c(N3CCN(CC4CCC5(CC4)CNC5)CC3)cc21. The molecule has 0 radical (unpaired) electrons. The Morgan fingerprint density at radius 2 is 1.83 bits per heavy atom. The van der Waals surface area contributed by atoms with Crippen LogP contribution in [0.4, 0.5) is 10.1 Å². The molecule has 1 aromatic carbocycles. The van der Waals surface area contributed by atoms with Crippen molar-refractivity contribution in [3.63, 3.8) is 0 Å². The van der Waals surface area contributed by atoms with Crippen LogP contribution < -0.4 is 15.5 Å². The Labute approximate surface area is 205 Å². The van der Waals surface area contributed by atoms with Gasteiger partial charge in [-0.25, -0.2) is 4.39 Å². The van der Waals surface area contributed by atoms with Gasteiger partial charge >= 0.3 is 0 Å². The number of nitrogens with zero attached hydrogens (tertiary/aromatic N) is 4. The Bertz CT molecular complexity index is 1140. The van der Waals surface area contributed by atoms with E-state index in [2.05, 4.69) is 25.5 Å². The molecule has 6 rings (SSSR count). The summed E-state index contributed by atoms with van der Waals surface area (Å²) in [6.45, 7) is 7.10. The minimum atomic E-state index is -0.527. The highest BCUT2D eigenvalue weighted by Gasteiger charge is 2.40. The number of imide groups is 1. The molecule has 188 valence electrons. The molecule has 4 fully saturated rings. The Morgan fingerprint density at radius 3 is 2.49 bits per heavy atom. The normalized spacial score (nSPS) is 25.8. The Kier molecular flexibility index (Phi) is 5.79. The molecule has 1 saturated carbocycles. The van der Waals surface area contributed by atoms with Gasteiger partial charge in [0.05, 0.1) is 22.8 Å². The zero-order valence-electron chi connectivity index (χ0n) is 20.5. The Balaban J connectivity index is 1.12. The van der Waals surface area contributed by atoms with Gasteiger partial charge in [0.25, 0.3) is 0 Å². The predicted octanol–water partition coefficient (Wildman–Crippen LogP) is 2.13. The maximum absolute atomic E-state index is 15.3. The van der Waals surface area contributed by atoms with E-state index in [0.29, 0.717) is 28.6 Å². The molecule has 2 N–H and O–H groups in total. The molecule has 1 aliphatic carbocycles. The van der Waals surface area contributed by atoms with Gasteiger partial charge in [-0.2, -0.15) is 5.10 Å². The van der Waals surface area contributed by atoms with E-state index in [-0.39, 0.29) is 24.1 Å². The van der Waals surface area contributed by atoms with Crippen molar-refractivity contribution in [1.29, 1.82) is 0 Å². The van der Waals surface area contributed by atoms with Crippen molar-refractivity contribution in [2.75, 3.05) is 50.7 Å². The number of nitrogens with one attached hydrogen (secondary N) is 2. The highest BCUT2D eigenvalue weighted by Crippen LogP contribution is 2.42. The molecule has 2 aromatic rings. The molecule has 4 aliphatic rings. The summed E-state index contributed by atoms with van der Waals surface area (Å²) in [6.07, 6.45) is 6.08. The molecular weight excluding hydrogens is 447 g/mol. The summed E-state index contributed by atoms with van der Waals surface area (Å²) >= 11 is 0. The lowest BCUT2D eigenvalue weighted by molar-refractivity contribution is -0.134. The molecule has 8 nitrogen and oxygen atoms in total. The predicted molar refractivity (Wildman–Crippen MR) is 132 cm³/mol. The minimum Gasteiger partial charge on any atom is -0.367 e. The second-order valence-electron chi connectivity index (χ2n) is 11.2. The smallest absolute Gasteiger partial charge is 0.235 e. The lowest BCUT2D eigenvalue weighted by atomic mass is 9.67. The Morgan fingerprint density at radius 1 is 1.09 bits per heavy atom. The van der Waals surface area contributed by atoms with Crippen LogP contribution in [-0.4, -0.2) is 72.3 Å². The zero-order valence-corrected chi connectivity index (χ0v) is 20.5. The van der Waals surface area contributed by atoms with Gasteiger partial charge in [0, 0.05) is 64.7 Å². The van der Waals surface area contributed by atoms with Crippen molar-refractivity contribution in [3.05, 3.63) is 23.6 Å². The average molecular weight is 483 g/mol. The first-order valence-electron chi connectivity index (χ1n) is 13.1. The van der Waals surface area contributed by atoms with Crippen molar-refractivity contribution in [1.82, 2.24) is 25.3 Å². The molecule has 3 aliphatic heterocycles. The fraction of sp³-hybridized carbons (Fsp3) is 0.654. The van der Waals surface area contributed by atoms with E-state index >= 15 is 4.39 Å². The number of anilines is 1. The summed E-state index contributed by atoms with van der Waals surface area (Å²) in [6, 6.07) is 3.40. The number of aromatic nitrogens is 2. The van der Waals surface area contributed by atoms with Crippen LogP contribution >= 0.6 is 0 Å². The van der Waals surface area contributed by atoms with Gasteiger partial charge in [-0.15, -0.1) is 0 Å². The van der Waals surface area contributed by atoms with Crippen molar-refractivity contribution >= 4 is 28.4 Å². The molecule has 9 heteroatoms. The lowest BCUT2D eigenvalue weighted by Gasteiger charge is -2.48. The number of benzene rings is 1. The third-order valence-corrected chi connectivity index (χ3v) is 8.91. The molecule has 35 heavy (non-hydrogen) atoms. The first-order chi connectivity index (χ1) is 16.9. The van der Waals surface area contributed by atoms with Crippen LogP contribution in [0.2, 0.25) is 0 Å². The minimum absolute atomic E-state index is 0.262. The third-order valence-electron chi connectivity index (χ3n) is 8.91.